The van der Waals surface area contributed by atoms with Gasteiger partial charge >= 0.3 is 0 Å². The van der Waals surface area contributed by atoms with Gasteiger partial charge in [0.15, 0.2) is 6.29 Å². The van der Waals surface area contributed by atoms with Crippen molar-refractivity contribution in [2.45, 2.75) is 51.7 Å². The van der Waals surface area contributed by atoms with E-state index in [1.54, 1.807) is 24.3 Å². The highest BCUT2D eigenvalue weighted by Gasteiger charge is 2.32. The second kappa shape index (κ2) is 11.9. The van der Waals surface area contributed by atoms with Gasteiger partial charge in [0.25, 0.3) is 0 Å². The first-order valence-corrected chi connectivity index (χ1v) is 10.2. The molecule has 2 rings (SSSR count). The van der Waals surface area contributed by atoms with Crippen molar-refractivity contribution >= 4 is 0 Å². The second-order valence-corrected chi connectivity index (χ2v) is 7.27. The first-order chi connectivity index (χ1) is 14.1. The Morgan fingerprint density at radius 2 is 1.83 bits per heavy atom. The zero-order chi connectivity index (χ0) is 21.1. The molecule has 0 aliphatic heterocycles. The fourth-order valence-corrected chi connectivity index (χ4v) is 3.46. The number of nitriles is 2. The third kappa shape index (κ3) is 6.33. The average molecular weight is 389 g/mol. The van der Waals surface area contributed by atoms with Gasteiger partial charge in [-0.2, -0.15) is 10.5 Å². The highest BCUT2D eigenvalue weighted by atomic mass is 16.6. The Morgan fingerprint density at radius 1 is 1.07 bits per heavy atom. The highest BCUT2D eigenvalue weighted by molar-refractivity contribution is 5.38. The molecule has 0 amide bonds. The van der Waals surface area contributed by atoms with Gasteiger partial charge in [-0.25, -0.2) is 0 Å². The van der Waals surface area contributed by atoms with Gasteiger partial charge in [0.2, 0.25) is 0 Å². The molecule has 0 aliphatic rings. The molecule has 4 nitrogen and oxygen atoms in total. The Morgan fingerprint density at radius 3 is 2.38 bits per heavy atom. The van der Waals surface area contributed by atoms with Crippen LogP contribution in [0.2, 0.25) is 0 Å². The van der Waals surface area contributed by atoms with Crippen molar-refractivity contribution in [1.82, 2.24) is 0 Å². The van der Waals surface area contributed by atoms with Gasteiger partial charge in [-0.1, -0.05) is 57.4 Å². The molecule has 0 fully saturated rings. The number of aliphatic hydroxyl groups excluding tert-OH is 1. The summed E-state index contributed by atoms with van der Waals surface area (Å²) in [6, 6.07) is 22.6. The average Bonchev–Trinajstić information content (AvgIpc) is 2.78. The molecule has 4 atom stereocenters. The summed E-state index contributed by atoms with van der Waals surface area (Å²) in [5.74, 6) is -0.816. The molecule has 1 N–H and O–H groups in total. The van der Waals surface area contributed by atoms with Crippen molar-refractivity contribution < 1.29 is 9.84 Å². The van der Waals surface area contributed by atoms with E-state index >= 15 is 0 Å². The molecule has 2 aromatic rings. The van der Waals surface area contributed by atoms with E-state index in [-0.39, 0.29) is 0 Å². The third-order valence-corrected chi connectivity index (χ3v) is 5.30. The van der Waals surface area contributed by atoms with Gasteiger partial charge in [0.05, 0.1) is 24.3 Å². The molecule has 0 aliphatic carbocycles. The van der Waals surface area contributed by atoms with Crippen LogP contribution in [0.4, 0.5) is 0 Å². The largest absolute Gasteiger partial charge is 0.367 e. The van der Waals surface area contributed by atoms with Crippen molar-refractivity contribution in [1.29, 1.82) is 10.5 Å². The highest BCUT2D eigenvalue weighted by Crippen LogP contribution is 2.34. The number of benzene rings is 1. The first kappa shape index (κ1) is 22.4. The molecule has 0 saturated heterocycles. The van der Waals surface area contributed by atoms with Crippen LogP contribution in [0.1, 0.15) is 62.1 Å². The summed E-state index contributed by atoms with van der Waals surface area (Å²) in [5.41, 5.74) is 2.24. The van der Waals surface area contributed by atoms with Gasteiger partial charge < -0.3 is 9.84 Å². The van der Waals surface area contributed by atoms with Crippen LogP contribution >= 0.6 is 0 Å². The molecule has 0 spiro atoms. The Hall–Kier alpha value is -2.84. The van der Waals surface area contributed by atoms with Crippen LogP contribution in [0, 0.1) is 46.6 Å². The van der Waals surface area contributed by atoms with Crippen LogP contribution in [0.5, 0.6) is 0 Å². The van der Waals surface area contributed by atoms with Crippen molar-refractivity contribution in [2.24, 2.45) is 11.8 Å². The minimum atomic E-state index is -1.21. The van der Waals surface area contributed by atoms with Crippen LogP contribution in [-0.2, 0) is 4.74 Å². The summed E-state index contributed by atoms with van der Waals surface area (Å²) in [6.07, 6.45) is 3.08. The topological polar surface area (TPSA) is 77.0 Å². The van der Waals surface area contributed by atoms with Crippen molar-refractivity contribution in [3.8, 4) is 12.1 Å². The number of hydrogen-bond donors (Lipinski definition) is 1. The summed E-state index contributed by atoms with van der Waals surface area (Å²) in [7, 11) is 0. The van der Waals surface area contributed by atoms with Gasteiger partial charge in [-0.3, -0.25) is 0 Å². The fourth-order valence-electron chi connectivity index (χ4n) is 3.46. The molecule has 0 aromatic heterocycles. The zero-order valence-corrected chi connectivity index (χ0v) is 17.1. The third-order valence-electron chi connectivity index (χ3n) is 5.30. The monoisotopic (exact) mass is 388 g/mol. The summed E-state index contributed by atoms with van der Waals surface area (Å²) in [6.45, 7) is 4.71. The summed E-state index contributed by atoms with van der Waals surface area (Å²) < 4.78 is 5.78. The smallest absolute Gasteiger partial charge is 0.171 e. The lowest BCUT2D eigenvalue weighted by Crippen LogP contribution is -2.30. The Labute approximate surface area is 174 Å². The van der Waals surface area contributed by atoms with Gasteiger partial charge in [0, 0.05) is 5.92 Å². The predicted octanol–water partition coefficient (Wildman–Crippen LogP) is 4.98. The second-order valence-electron chi connectivity index (χ2n) is 7.27. The summed E-state index contributed by atoms with van der Waals surface area (Å²) >= 11 is 0. The van der Waals surface area contributed by atoms with E-state index in [4.69, 9.17) is 10.00 Å². The van der Waals surface area contributed by atoms with Crippen LogP contribution in [-0.4, -0.2) is 18.0 Å². The molecule has 0 saturated carbocycles. The number of aliphatic hydroxyl groups is 1. The maximum Gasteiger partial charge on any atom is 0.171 e. The summed E-state index contributed by atoms with van der Waals surface area (Å²) in [5, 5.41) is 29.7. The van der Waals surface area contributed by atoms with Crippen LogP contribution in [0.3, 0.4) is 0 Å². The van der Waals surface area contributed by atoms with Crippen LogP contribution in [0.15, 0.2) is 42.5 Å². The van der Waals surface area contributed by atoms with E-state index in [2.05, 4.69) is 38.1 Å². The van der Waals surface area contributed by atoms with Crippen molar-refractivity contribution in [3.63, 3.8) is 0 Å². The zero-order valence-electron chi connectivity index (χ0n) is 17.1. The van der Waals surface area contributed by atoms with Crippen LogP contribution in [0.25, 0.3) is 0 Å². The van der Waals surface area contributed by atoms with E-state index in [9.17, 15) is 10.4 Å². The minimum Gasteiger partial charge on any atom is -0.367 e. The quantitative estimate of drug-likeness (QED) is 0.551. The lowest BCUT2D eigenvalue weighted by Gasteiger charge is -2.27. The minimum absolute atomic E-state index is 0.372. The molecule has 4 heteroatoms. The van der Waals surface area contributed by atoms with Crippen molar-refractivity contribution in [3.05, 3.63) is 71.3 Å². The lowest BCUT2D eigenvalue weighted by atomic mass is 9.81. The molecule has 0 heterocycles. The van der Waals surface area contributed by atoms with Gasteiger partial charge in [-0.15, -0.1) is 0 Å². The maximum absolute atomic E-state index is 10.8. The lowest BCUT2D eigenvalue weighted by molar-refractivity contribution is -0.134. The number of unbranched alkanes of at least 4 members (excludes halogenated alkanes) is 1. The normalized spacial score (nSPS) is 14.7. The number of ether oxygens (including phenoxy) is 1. The number of hydrogen-bond acceptors (Lipinski definition) is 4. The molecule has 29 heavy (non-hydrogen) atoms. The van der Waals surface area contributed by atoms with E-state index in [1.807, 2.05) is 18.2 Å². The van der Waals surface area contributed by atoms with Gasteiger partial charge in [0.1, 0.15) is 5.92 Å². The molecule has 4 unspecified atom stereocenters. The van der Waals surface area contributed by atoms with Gasteiger partial charge in [-0.05, 0) is 53.8 Å². The number of nitrogens with zero attached hydrogens (tertiary/aromatic N) is 2. The van der Waals surface area contributed by atoms with E-state index < -0.39 is 18.1 Å². The molecule has 150 valence electrons. The predicted molar refractivity (Wildman–Crippen MR) is 111 cm³/mol. The SMILES string of the molecule is CCCCC(CC)COC(O)C(C#N)C(c1cc#ccc1)c1ccc(C#N)cc1. The van der Waals surface area contributed by atoms with E-state index in [1.165, 1.54) is 0 Å². The standard InChI is InChI=1S/C25H28N2O2/c1-3-5-9-19(4-2)18-29-25(28)23(17-27)24(21-10-7-6-8-11-21)22-14-12-20(16-26)13-15-22/h7,10-15,19,23-25,28H,3-5,9,18H2,1-2H3. The summed E-state index contributed by atoms with van der Waals surface area (Å²) in [4.78, 5) is 0. The molecule has 0 bridgehead atoms. The maximum atomic E-state index is 10.8. The number of rotatable bonds is 11. The Balaban J connectivity index is 2.25. The van der Waals surface area contributed by atoms with Crippen LogP contribution < -0.4 is 0 Å². The van der Waals surface area contributed by atoms with Crippen molar-refractivity contribution in [2.75, 3.05) is 6.61 Å². The molecule has 0 radical (unpaired) electrons. The molecule has 2 aromatic carbocycles. The fraction of sp³-hybridized carbons (Fsp3) is 0.440. The Kier molecular flexibility index (Phi) is 9.20. The Bertz CT molecular complexity index is 805. The van der Waals surface area contributed by atoms with E-state index in [0.717, 1.165) is 36.8 Å². The first-order valence-electron chi connectivity index (χ1n) is 10.2. The molecular weight excluding hydrogens is 360 g/mol. The molecular formula is C25H28N2O2. The van der Waals surface area contributed by atoms with E-state index in [0.29, 0.717) is 18.1 Å².